The van der Waals surface area contributed by atoms with Crippen LogP contribution in [0.2, 0.25) is 0 Å². The number of nitrogens with one attached hydrogen (secondary N) is 2. The van der Waals surface area contributed by atoms with Crippen molar-refractivity contribution in [3.8, 4) is 10.6 Å². The van der Waals surface area contributed by atoms with Gasteiger partial charge in [-0.05, 0) is 32.9 Å². The molecule has 0 saturated carbocycles. The van der Waals surface area contributed by atoms with Crippen LogP contribution < -0.4 is 5.32 Å². The lowest BCUT2D eigenvalue weighted by Gasteiger charge is -2.19. The molecule has 0 saturated heterocycles. The number of ether oxygens (including phenoxy) is 1. The molecule has 3 heterocycles. The second-order valence-corrected chi connectivity index (χ2v) is 6.62. The fourth-order valence-electron chi connectivity index (χ4n) is 2.00. The molecule has 0 aliphatic carbocycles. The fraction of sp³-hybridized carbons (Fsp3) is 0.267. The summed E-state index contributed by atoms with van der Waals surface area (Å²) >= 11 is 1.45. The van der Waals surface area contributed by atoms with E-state index in [2.05, 4.69) is 20.3 Å². The van der Waals surface area contributed by atoms with Crippen molar-refractivity contribution in [2.45, 2.75) is 26.4 Å². The van der Waals surface area contributed by atoms with E-state index in [1.54, 1.807) is 11.6 Å². The van der Waals surface area contributed by atoms with E-state index in [4.69, 9.17) is 4.74 Å². The van der Waals surface area contributed by atoms with E-state index < -0.39 is 11.7 Å². The number of aromatic amines is 1. The largest absolute Gasteiger partial charge is 0.444 e. The van der Waals surface area contributed by atoms with Crippen LogP contribution in [0.5, 0.6) is 0 Å². The Morgan fingerprint density at radius 3 is 3.00 bits per heavy atom. The molecule has 0 bridgehead atoms. The van der Waals surface area contributed by atoms with Crippen LogP contribution in [0.3, 0.4) is 0 Å². The van der Waals surface area contributed by atoms with Gasteiger partial charge in [-0.3, -0.25) is 5.32 Å². The van der Waals surface area contributed by atoms with Gasteiger partial charge in [0.05, 0.1) is 0 Å². The second kappa shape index (κ2) is 5.42. The predicted molar refractivity (Wildman–Crippen MR) is 87.1 cm³/mol. The van der Waals surface area contributed by atoms with Crippen LogP contribution in [0, 0.1) is 0 Å². The number of pyridine rings is 1. The number of nitrogens with zero attached hydrogens (tertiary/aromatic N) is 2. The summed E-state index contributed by atoms with van der Waals surface area (Å²) in [5.41, 5.74) is 1.24. The van der Waals surface area contributed by atoms with Crippen molar-refractivity contribution in [2.75, 3.05) is 5.32 Å². The van der Waals surface area contributed by atoms with Gasteiger partial charge in [-0.1, -0.05) is 0 Å². The molecule has 114 valence electrons. The first-order chi connectivity index (χ1) is 10.4. The summed E-state index contributed by atoms with van der Waals surface area (Å²) in [5.74, 6) is 0.479. The molecule has 0 spiro atoms. The van der Waals surface area contributed by atoms with Gasteiger partial charge in [0.2, 0.25) is 0 Å². The Bertz CT molecular complexity index is 816. The lowest BCUT2D eigenvalue weighted by Crippen LogP contribution is -2.27. The molecule has 6 nitrogen and oxygen atoms in total. The Hall–Kier alpha value is -2.41. The predicted octanol–water partition coefficient (Wildman–Crippen LogP) is 4.03. The van der Waals surface area contributed by atoms with E-state index in [0.29, 0.717) is 5.82 Å². The number of hydrogen-bond donors (Lipinski definition) is 2. The molecule has 0 fully saturated rings. The number of hydrogen-bond acceptors (Lipinski definition) is 5. The maximum Gasteiger partial charge on any atom is 0.413 e. The van der Waals surface area contributed by atoms with Crippen LogP contribution in [-0.4, -0.2) is 26.6 Å². The maximum absolute atomic E-state index is 11.8. The topological polar surface area (TPSA) is 79.9 Å². The third kappa shape index (κ3) is 3.09. The first-order valence-electron chi connectivity index (χ1n) is 6.80. The molecule has 1 amide bonds. The van der Waals surface area contributed by atoms with Crippen molar-refractivity contribution in [3.63, 3.8) is 0 Å². The zero-order valence-electron chi connectivity index (χ0n) is 12.5. The first kappa shape index (κ1) is 14.5. The van der Waals surface area contributed by atoms with Gasteiger partial charge in [0, 0.05) is 28.7 Å². The highest BCUT2D eigenvalue weighted by Gasteiger charge is 2.17. The molecule has 0 aliphatic rings. The monoisotopic (exact) mass is 316 g/mol. The number of H-pyrrole nitrogens is 1. The van der Waals surface area contributed by atoms with Crippen LogP contribution in [-0.2, 0) is 4.74 Å². The molecular weight excluding hydrogens is 300 g/mol. The van der Waals surface area contributed by atoms with Gasteiger partial charge in [0.1, 0.15) is 22.1 Å². The molecule has 3 rings (SSSR count). The van der Waals surface area contributed by atoms with Gasteiger partial charge < -0.3 is 9.72 Å². The molecule has 0 atom stereocenters. The smallest absolute Gasteiger partial charge is 0.413 e. The van der Waals surface area contributed by atoms with E-state index in [1.807, 2.05) is 39.1 Å². The number of amides is 1. The summed E-state index contributed by atoms with van der Waals surface area (Å²) < 4.78 is 5.21. The molecule has 22 heavy (non-hydrogen) atoms. The number of thiazole rings is 1. The fourth-order valence-corrected chi connectivity index (χ4v) is 2.78. The molecule has 0 aromatic carbocycles. The van der Waals surface area contributed by atoms with E-state index in [9.17, 15) is 4.79 Å². The maximum atomic E-state index is 11.8. The van der Waals surface area contributed by atoms with Gasteiger partial charge in [-0.15, -0.1) is 11.3 Å². The minimum atomic E-state index is -0.536. The van der Waals surface area contributed by atoms with Crippen LogP contribution in [0.25, 0.3) is 21.6 Å². The zero-order chi connectivity index (χ0) is 15.7. The van der Waals surface area contributed by atoms with Gasteiger partial charge in [0.25, 0.3) is 0 Å². The number of carbonyl (C=O) groups excluding carboxylic acids is 1. The van der Waals surface area contributed by atoms with Crippen LogP contribution in [0.4, 0.5) is 10.6 Å². The van der Waals surface area contributed by atoms with Crippen molar-refractivity contribution in [3.05, 3.63) is 29.9 Å². The Balaban J connectivity index is 1.81. The van der Waals surface area contributed by atoms with Gasteiger partial charge in [-0.25, -0.2) is 14.8 Å². The van der Waals surface area contributed by atoms with Crippen molar-refractivity contribution in [2.24, 2.45) is 0 Å². The summed E-state index contributed by atoms with van der Waals surface area (Å²) in [7, 11) is 0. The van der Waals surface area contributed by atoms with Crippen LogP contribution in [0.15, 0.2) is 29.9 Å². The van der Waals surface area contributed by atoms with Crippen molar-refractivity contribution >= 4 is 34.3 Å². The highest BCUT2D eigenvalue weighted by Crippen LogP contribution is 2.31. The number of fused-ring (bicyclic) bond motifs is 1. The third-order valence-corrected chi connectivity index (χ3v) is 3.69. The normalized spacial score (nSPS) is 11.6. The Kier molecular flexibility index (Phi) is 3.58. The van der Waals surface area contributed by atoms with Gasteiger partial charge in [-0.2, -0.15) is 0 Å². The third-order valence-electron chi connectivity index (χ3n) is 2.81. The molecule has 3 aromatic rings. The summed E-state index contributed by atoms with van der Waals surface area (Å²) in [6.07, 6.45) is 3.10. The molecular formula is C15H16N4O2S. The highest BCUT2D eigenvalue weighted by atomic mass is 32.1. The summed E-state index contributed by atoms with van der Waals surface area (Å²) in [6, 6.07) is 3.86. The van der Waals surface area contributed by atoms with E-state index in [-0.39, 0.29) is 0 Å². The van der Waals surface area contributed by atoms with E-state index in [1.165, 1.54) is 11.3 Å². The van der Waals surface area contributed by atoms with E-state index in [0.717, 1.165) is 21.6 Å². The van der Waals surface area contributed by atoms with Crippen molar-refractivity contribution in [1.29, 1.82) is 0 Å². The molecule has 0 unspecified atom stereocenters. The van der Waals surface area contributed by atoms with Crippen LogP contribution in [0.1, 0.15) is 20.8 Å². The van der Waals surface area contributed by atoms with E-state index >= 15 is 0 Å². The van der Waals surface area contributed by atoms with Crippen LogP contribution >= 0.6 is 11.3 Å². The molecule has 7 heteroatoms. The molecule has 2 N–H and O–H groups in total. The SMILES string of the molecule is CC(C)(C)OC(=O)Nc1csc(-c2c[nH]c3ncccc23)n1. The summed E-state index contributed by atoms with van der Waals surface area (Å²) in [6.45, 7) is 5.45. The minimum Gasteiger partial charge on any atom is -0.444 e. The van der Waals surface area contributed by atoms with Crippen molar-refractivity contribution in [1.82, 2.24) is 15.0 Å². The van der Waals surface area contributed by atoms with Gasteiger partial charge in [0.15, 0.2) is 0 Å². The highest BCUT2D eigenvalue weighted by molar-refractivity contribution is 7.13. The first-order valence-corrected chi connectivity index (χ1v) is 7.68. The van der Waals surface area contributed by atoms with Gasteiger partial charge >= 0.3 is 6.09 Å². The lowest BCUT2D eigenvalue weighted by molar-refractivity contribution is 0.0635. The number of anilines is 1. The zero-order valence-corrected chi connectivity index (χ0v) is 13.3. The Labute approximate surface area is 131 Å². The minimum absolute atomic E-state index is 0.479. The van der Waals surface area contributed by atoms with Crippen molar-refractivity contribution < 1.29 is 9.53 Å². The molecule has 0 radical (unpaired) electrons. The Morgan fingerprint density at radius 1 is 1.41 bits per heavy atom. The summed E-state index contributed by atoms with van der Waals surface area (Å²) in [5, 5.41) is 6.24. The molecule has 3 aromatic heterocycles. The standard InChI is InChI=1S/C15H16N4O2S/c1-15(2,3)21-14(20)19-11-8-22-13(18-11)10-7-17-12-9(10)5-4-6-16-12/h4-8H,1-3H3,(H,16,17)(H,19,20). The average molecular weight is 316 g/mol. The Morgan fingerprint density at radius 2 is 2.23 bits per heavy atom. The second-order valence-electron chi connectivity index (χ2n) is 5.77. The quantitative estimate of drug-likeness (QED) is 0.748. The molecule has 0 aliphatic heterocycles. The number of aromatic nitrogens is 3. The average Bonchev–Trinajstić information content (AvgIpc) is 3.02. The lowest BCUT2D eigenvalue weighted by atomic mass is 10.2. The summed E-state index contributed by atoms with van der Waals surface area (Å²) in [4.78, 5) is 23.5. The number of carbonyl (C=O) groups is 1. The number of rotatable bonds is 2.